The number of ether oxygens (including phenoxy) is 2. The van der Waals surface area contributed by atoms with Crippen LogP contribution in [0, 0.1) is 0 Å². The van der Waals surface area contributed by atoms with E-state index in [9.17, 15) is 4.79 Å². The first-order chi connectivity index (χ1) is 8.24. The van der Waals surface area contributed by atoms with Gasteiger partial charge in [-0.05, 0) is 0 Å². The van der Waals surface area contributed by atoms with Crippen LogP contribution in [0.25, 0.3) is 0 Å². The molecule has 0 aliphatic rings. The number of aromatic carboxylic acids is 1. The van der Waals surface area contributed by atoms with Crippen LogP contribution in [-0.2, 0) is 9.47 Å². The summed E-state index contributed by atoms with van der Waals surface area (Å²) in [5, 5.41) is 11.6. The lowest BCUT2D eigenvalue weighted by molar-refractivity contribution is 0.0690. The van der Waals surface area contributed by atoms with Crippen LogP contribution >= 0.6 is 0 Å². The summed E-state index contributed by atoms with van der Waals surface area (Å²) >= 11 is 0. The van der Waals surface area contributed by atoms with Gasteiger partial charge in [-0.1, -0.05) is 0 Å². The maximum Gasteiger partial charge on any atom is 0.356 e. The van der Waals surface area contributed by atoms with Gasteiger partial charge in [0.2, 0.25) is 0 Å². The van der Waals surface area contributed by atoms with Gasteiger partial charge in [0.15, 0.2) is 5.69 Å². The number of carboxylic acids is 1. The van der Waals surface area contributed by atoms with E-state index in [-0.39, 0.29) is 5.69 Å². The number of nitrogens with zero attached hydrogens (tertiary/aromatic N) is 2. The summed E-state index contributed by atoms with van der Waals surface area (Å²) in [6.45, 7) is 2.09. The van der Waals surface area contributed by atoms with E-state index in [1.165, 1.54) is 12.4 Å². The van der Waals surface area contributed by atoms with Gasteiger partial charge in [-0.15, -0.1) is 0 Å². The molecule has 0 saturated heterocycles. The lowest BCUT2D eigenvalue weighted by Crippen LogP contribution is -2.13. The Morgan fingerprint density at radius 1 is 1.41 bits per heavy atom. The molecule has 1 aromatic rings. The first-order valence-electron chi connectivity index (χ1n) is 5.10. The molecule has 0 amide bonds. The average Bonchev–Trinajstić information content (AvgIpc) is 2.34. The Morgan fingerprint density at radius 3 is 2.94 bits per heavy atom. The summed E-state index contributed by atoms with van der Waals surface area (Å²) < 4.78 is 10.0. The van der Waals surface area contributed by atoms with Crippen molar-refractivity contribution in [2.24, 2.45) is 0 Å². The third-order valence-electron chi connectivity index (χ3n) is 1.84. The fourth-order valence-electron chi connectivity index (χ4n) is 1.05. The van der Waals surface area contributed by atoms with Crippen molar-refractivity contribution in [2.45, 2.75) is 0 Å². The molecule has 0 aromatic carbocycles. The van der Waals surface area contributed by atoms with Crippen molar-refractivity contribution in [3.05, 3.63) is 18.1 Å². The third kappa shape index (κ3) is 5.23. The standard InChI is InChI=1S/C10H15N3O4/c1-16-4-5-17-3-2-12-9-7-11-6-8(13-9)10(14)15/h6-7H,2-5H2,1H3,(H,12,13)(H,14,15). The minimum absolute atomic E-state index is 0.0877. The molecule has 0 spiro atoms. The molecule has 1 heterocycles. The smallest absolute Gasteiger partial charge is 0.356 e. The lowest BCUT2D eigenvalue weighted by atomic mass is 10.4. The second-order valence-electron chi connectivity index (χ2n) is 3.13. The Kier molecular flexibility index (Phi) is 5.91. The van der Waals surface area contributed by atoms with Gasteiger partial charge < -0.3 is 19.9 Å². The Bertz CT molecular complexity index is 359. The maximum absolute atomic E-state index is 10.6. The predicted octanol–water partition coefficient (Wildman–Crippen LogP) is 0.250. The van der Waals surface area contributed by atoms with Crippen LogP contribution in [0.3, 0.4) is 0 Å². The number of hydrogen-bond acceptors (Lipinski definition) is 6. The van der Waals surface area contributed by atoms with Gasteiger partial charge >= 0.3 is 5.97 Å². The molecule has 0 atom stereocenters. The molecule has 0 unspecified atom stereocenters. The number of aromatic nitrogens is 2. The summed E-state index contributed by atoms with van der Waals surface area (Å²) in [6, 6.07) is 0. The van der Waals surface area contributed by atoms with E-state index in [0.29, 0.717) is 32.2 Å². The van der Waals surface area contributed by atoms with Gasteiger partial charge in [0, 0.05) is 13.7 Å². The Hall–Kier alpha value is -1.73. The molecule has 0 saturated carbocycles. The third-order valence-corrected chi connectivity index (χ3v) is 1.84. The molecule has 0 fully saturated rings. The van der Waals surface area contributed by atoms with Crippen molar-refractivity contribution >= 4 is 11.8 Å². The molecule has 2 N–H and O–H groups in total. The second-order valence-corrected chi connectivity index (χ2v) is 3.13. The molecular weight excluding hydrogens is 226 g/mol. The van der Waals surface area contributed by atoms with Crippen molar-refractivity contribution in [3.63, 3.8) is 0 Å². The first-order valence-corrected chi connectivity index (χ1v) is 5.10. The molecule has 17 heavy (non-hydrogen) atoms. The van der Waals surface area contributed by atoms with Gasteiger partial charge in [0.1, 0.15) is 5.82 Å². The van der Waals surface area contributed by atoms with Crippen molar-refractivity contribution in [2.75, 3.05) is 38.8 Å². The van der Waals surface area contributed by atoms with E-state index in [1.54, 1.807) is 7.11 Å². The molecular formula is C10H15N3O4. The second kappa shape index (κ2) is 7.53. The minimum atomic E-state index is -1.10. The fourth-order valence-corrected chi connectivity index (χ4v) is 1.05. The Morgan fingerprint density at radius 2 is 2.24 bits per heavy atom. The summed E-state index contributed by atoms with van der Waals surface area (Å²) in [5.41, 5.74) is -0.0877. The highest BCUT2D eigenvalue weighted by Crippen LogP contribution is 2.01. The zero-order valence-corrected chi connectivity index (χ0v) is 9.55. The highest BCUT2D eigenvalue weighted by Gasteiger charge is 2.05. The molecule has 1 rings (SSSR count). The van der Waals surface area contributed by atoms with Crippen LogP contribution < -0.4 is 5.32 Å². The topological polar surface area (TPSA) is 93.6 Å². The highest BCUT2D eigenvalue weighted by molar-refractivity contribution is 5.85. The monoisotopic (exact) mass is 241 g/mol. The minimum Gasteiger partial charge on any atom is -0.476 e. The highest BCUT2D eigenvalue weighted by atomic mass is 16.5. The van der Waals surface area contributed by atoms with Gasteiger partial charge in [0.25, 0.3) is 0 Å². The quantitative estimate of drug-likeness (QED) is 0.630. The summed E-state index contributed by atoms with van der Waals surface area (Å²) in [6.07, 6.45) is 2.66. The van der Waals surface area contributed by atoms with Crippen molar-refractivity contribution in [3.8, 4) is 0 Å². The van der Waals surface area contributed by atoms with E-state index in [4.69, 9.17) is 14.6 Å². The summed E-state index contributed by atoms with van der Waals surface area (Å²) in [5.74, 6) is -0.683. The van der Waals surface area contributed by atoms with Crippen LogP contribution in [-0.4, -0.2) is 54.5 Å². The Balaban J connectivity index is 2.27. The van der Waals surface area contributed by atoms with Crippen LogP contribution in [0.1, 0.15) is 10.5 Å². The van der Waals surface area contributed by atoms with Crippen LogP contribution in [0.15, 0.2) is 12.4 Å². The molecule has 94 valence electrons. The lowest BCUT2D eigenvalue weighted by Gasteiger charge is -2.06. The predicted molar refractivity (Wildman–Crippen MR) is 60.2 cm³/mol. The van der Waals surface area contributed by atoms with E-state index in [1.807, 2.05) is 0 Å². The first kappa shape index (κ1) is 13.3. The van der Waals surface area contributed by atoms with Gasteiger partial charge in [-0.3, -0.25) is 4.98 Å². The zero-order chi connectivity index (χ0) is 12.5. The van der Waals surface area contributed by atoms with Crippen molar-refractivity contribution in [1.82, 2.24) is 9.97 Å². The fraction of sp³-hybridized carbons (Fsp3) is 0.500. The van der Waals surface area contributed by atoms with Crippen LogP contribution in [0.4, 0.5) is 5.82 Å². The van der Waals surface area contributed by atoms with Gasteiger partial charge in [-0.2, -0.15) is 0 Å². The van der Waals surface area contributed by atoms with Gasteiger partial charge in [0.05, 0.1) is 32.2 Å². The van der Waals surface area contributed by atoms with E-state index < -0.39 is 5.97 Å². The molecule has 1 aromatic heterocycles. The van der Waals surface area contributed by atoms with Crippen molar-refractivity contribution in [1.29, 1.82) is 0 Å². The van der Waals surface area contributed by atoms with E-state index in [2.05, 4.69) is 15.3 Å². The number of hydrogen-bond donors (Lipinski definition) is 2. The Labute approximate surface area is 98.8 Å². The average molecular weight is 241 g/mol. The number of carboxylic acid groups (broad SMARTS) is 1. The molecule has 0 aliphatic carbocycles. The molecule has 0 bridgehead atoms. The number of rotatable bonds is 8. The van der Waals surface area contributed by atoms with Gasteiger partial charge in [-0.25, -0.2) is 9.78 Å². The summed E-state index contributed by atoms with van der Waals surface area (Å²) in [7, 11) is 1.61. The van der Waals surface area contributed by atoms with Crippen LogP contribution in [0.2, 0.25) is 0 Å². The number of carbonyl (C=O) groups is 1. The summed E-state index contributed by atoms with van der Waals surface area (Å²) in [4.78, 5) is 18.3. The molecule has 0 aliphatic heterocycles. The van der Waals surface area contributed by atoms with E-state index in [0.717, 1.165) is 0 Å². The molecule has 7 nitrogen and oxygen atoms in total. The number of methoxy groups -OCH3 is 1. The van der Waals surface area contributed by atoms with E-state index >= 15 is 0 Å². The maximum atomic E-state index is 10.6. The largest absolute Gasteiger partial charge is 0.476 e. The van der Waals surface area contributed by atoms with Crippen molar-refractivity contribution < 1.29 is 19.4 Å². The number of anilines is 1. The SMILES string of the molecule is COCCOCCNc1cncc(C(=O)O)n1. The zero-order valence-electron chi connectivity index (χ0n) is 9.55. The number of nitrogens with one attached hydrogen (secondary N) is 1. The normalized spacial score (nSPS) is 10.2. The molecule has 0 radical (unpaired) electrons. The van der Waals surface area contributed by atoms with Crippen LogP contribution in [0.5, 0.6) is 0 Å². The molecule has 7 heteroatoms.